The van der Waals surface area contributed by atoms with Crippen molar-refractivity contribution in [3.63, 3.8) is 0 Å². The first-order valence-electron chi connectivity index (χ1n) is 9.62. The van der Waals surface area contributed by atoms with Gasteiger partial charge in [-0.1, -0.05) is 50.2 Å². The molecule has 2 aromatic carbocycles. The molecule has 6 nitrogen and oxygen atoms in total. The molecule has 0 spiro atoms. The standard InChI is InChI=1S/C23H26N2O4/c1-23(2,18-9-10-19-20(14-18)29-13-12-28-19)16-25-22(27)15-24-21(26)11-8-17-6-4-3-5-7-17/h3-11,14H,12-13,15-16H2,1-2H3,(H,24,26)(H,25,27)/b11-8+. The molecule has 0 saturated carbocycles. The van der Waals surface area contributed by atoms with Crippen LogP contribution in [0, 0.1) is 0 Å². The van der Waals surface area contributed by atoms with Crippen molar-refractivity contribution in [3.05, 3.63) is 65.7 Å². The van der Waals surface area contributed by atoms with Crippen molar-refractivity contribution in [3.8, 4) is 11.5 Å². The molecule has 3 rings (SSSR count). The quantitative estimate of drug-likeness (QED) is 0.708. The number of fused-ring (bicyclic) bond motifs is 1. The second-order valence-corrected chi connectivity index (χ2v) is 7.48. The number of hydrogen-bond donors (Lipinski definition) is 2. The number of benzene rings is 2. The molecule has 0 saturated heterocycles. The Hall–Kier alpha value is -3.28. The minimum Gasteiger partial charge on any atom is -0.486 e. The number of carbonyl (C=O) groups is 2. The number of carbonyl (C=O) groups excluding carboxylic acids is 2. The molecule has 2 N–H and O–H groups in total. The topological polar surface area (TPSA) is 76.7 Å². The van der Waals surface area contributed by atoms with Gasteiger partial charge < -0.3 is 20.1 Å². The molecular formula is C23H26N2O4. The molecular weight excluding hydrogens is 368 g/mol. The van der Waals surface area contributed by atoms with Crippen LogP contribution < -0.4 is 20.1 Å². The van der Waals surface area contributed by atoms with Crippen LogP contribution in [0.4, 0.5) is 0 Å². The number of rotatable bonds is 7. The van der Waals surface area contributed by atoms with Crippen molar-refractivity contribution in [1.29, 1.82) is 0 Å². The minimum atomic E-state index is -0.310. The molecule has 0 bridgehead atoms. The van der Waals surface area contributed by atoms with Gasteiger partial charge in [0.05, 0.1) is 6.54 Å². The first kappa shape index (κ1) is 20.5. The Bertz CT molecular complexity index is 891. The summed E-state index contributed by atoms with van der Waals surface area (Å²) >= 11 is 0. The summed E-state index contributed by atoms with van der Waals surface area (Å²) in [7, 11) is 0. The van der Waals surface area contributed by atoms with E-state index in [2.05, 4.69) is 10.6 Å². The molecule has 0 radical (unpaired) electrons. The highest BCUT2D eigenvalue weighted by Gasteiger charge is 2.24. The molecule has 1 heterocycles. The average Bonchev–Trinajstić information content (AvgIpc) is 2.75. The zero-order valence-electron chi connectivity index (χ0n) is 16.7. The summed E-state index contributed by atoms with van der Waals surface area (Å²) in [5, 5.41) is 5.48. The molecule has 152 valence electrons. The van der Waals surface area contributed by atoms with E-state index in [1.807, 2.05) is 62.4 Å². The number of hydrogen-bond acceptors (Lipinski definition) is 4. The van der Waals surface area contributed by atoms with Crippen LogP contribution in [0.1, 0.15) is 25.0 Å². The Labute approximate surface area is 170 Å². The predicted octanol–water partition coefficient (Wildman–Crippen LogP) is 2.68. The van der Waals surface area contributed by atoms with Crippen molar-refractivity contribution in [1.82, 2.24) is 10.6 Å². The van der Waals surface area contributed by atoms with Crippen molar-refractivity contribution in [2.24, 2.45) is 0 Å². The van der Waals surface area contributed by atoms with Crippen molar-refractivity contribution < 1.29 is 19.1 Å². The van der Waals surface area contributed by atoms with Crippen molar-refractivity contribution >= 4 is 17.9 Å². The third-order valence-corrected chi connectivity index (χ3v) is 4.70. The molecule has 1 aliphatic heterocycles. The van der Waals surface area contributed by atoms with E-state index in [0.29, 0.717) is 19.8 Å². The van der Waals surface area contributed by atoms with E-state index >= 15 is 0 Å². The van der Waals surface area contributed by atoms with Crippen LogP contribution >= 0.6 is 0 Å². The Morgan fingerprint density at radius 2 is 1.72 bits per heavy atom. The van der Waals surface area contributed by atoms with E-state index in [9.17, 15) is 9.59 Å². The summed E-state index contributed by atoms with van der Waals surface area (Å²) in [4.78, 5) is 24.0. The molecule has 0 unspecified atom stereocenters. The van der Waals surface area contributed by atoms with Gasteiger partial charge in [-0.25, -0.2) is 0 Å². The van der Waals surface area contributed by atoms with Crippen LogP contribution in [-0.2, 0) is 15.0 Å². The highest BCUT2D eigenvalue weighted by Crippen LogP contribution is 2.34. The van der Waals surface area contributed by atoms with E-state index in [1.54, 1.807) is 6.08 Å². The molecule has 0 aromatic heterocycles. The van der Waals surface area contributed by atoms with Gasteiger partial charge in [0.15, 0.2) is 11.5 Å². The summed E-state index contributed by atoms with van der Waals surface area (Å²) in [6, 6.07) is 15.3. The van der Waals surface area contributed by atoms with E-state index in [0.717, 1.165) is 22.6 Å². The fraction of sp³-hybridized carbons (Fsp3) is 0.304. The van der Waals surface area contributed by atoms with Gasteiger partial charge >= 0.3 is 0 Å². The number of amides is 2. The third-order valence-electron chi connectivity index (χ3n) is 4.70. The molecule has 2 aromatic rings. The fourth-order valence-corrected chi connectivity index (χ4v) is 2.91. The zero-order valence-corrected chi connectivity index (χ0v) is 16.7. The third kappa shape index (κ3) is 5.85. The lowest BCUT2D eigenvalue weighted by molar-refractivity contribution is -0.124. The van der Waals surface area contributed by atoms with Gasteiger partial charge in [0, 0.05) is 18.0 Å². The Kier molecular flexibility index (Phi) is 6.54. The van der Waals surface area contributed by atoms with E-state index < -0.39 is 0 Å². The molecule has 0 aliphatic carbocycles. The Balaban J connectivity index is 1.47. The van der Waals surface area contributed by atoms with Gasteiger partial charge in [0.2, 0.25) is 11.8 Å². The largest absolute Gasteiger partial charge is 0.486 e. The first-order valence-corrected chi connectivity index (χ1v) is 9.62. The first-order chi connectivity index (χ1) is 13.9. The SMILES string of the molecule is CC(C)(CNC(=O)CNC(=O)/C=C/c1ccccc1)c1ccc2c(c1)OCCO2. The van der Waals surface area contributed by atoms with Gasteiger partial charge in [-0.2, -0.15) is 0 Å². The summed E-state index contributed by atoms with van der Waals surface area (Å²) in [6.07, 6.45) is 3.12. The van der Waals surface area contributed by atoms with E-state index in [1.165, 1.54) is 6.08 Å². The van der Waals surface area contributed by atoms with Crippen molar-refractivity contribution in [2.45, 2.75) is 19.3 Å². The van der Waals surface area contributed by atoms with Gasteiger partial charge in [0.1, 0.15) is 13.2 Å². The normalized spacial score (nSPS) is 13.2. The van der Waals surface area contributed by atoms with E-state index in [4.69, 9.17) is 9.47 Å². The summed E-state index contributed by atoms with van der Waals surface area (Å²) in [6.45, 7) is 5.53. The van der Waals surface area contributed by atoms with Crippen LogP contribution in [0.15, 0.2) is 54.6 Å². The molecule has 2 amide bonds. The van der Waals surface area contributed by atoms with Crippen LogP contribution in [-0.4, -0.2) is 38.1 Å². The van der Waals surface area contributed by atoms with Gasteiger partial charge in [0.25, 0.3) is 0 Å². The van der Waals surface area contributed by atoms with Gasteiger partial charge in [-0.15, -0.1) is 0 Å². The molecule has 6 heteroatoms. The highest BCUT2D eigenvalue weighted by atomic mass is 16.6. The lowest BCUT2D eigenvalue weighted by Gasteiger charge is -2.27. The van der Waals surface area contributed by atoms with Crippen molar-refractivity contribution in [2.75, 3.05) is 26.3 Å². The smallest absolute Gasteiger partial charge is 0.244 e. The summed E-state index contributed by atoms with van der Waals surface area (Å²) in [5.41, 5.74) is 1.66. The molecule has 0 fully saturated rings. The second-order valence-electron chi connectivity index (χ2n) is 7.48. The monoisotopic (exact) mass is 394 g/mol. The minimum absolute atomic E-state index is 0.0742. The molecule has 29 heavy (non-hydrogen) atoms. The Morgan fingerprint density at radius 3 is 2.48 bits per heavy atom. The average molecular weight is 394 g/mol. The lowest BCUT2D eigenvalue weighted by Crippen LogP contribution is -2.42. The molecule has 1 aliphatic rings. The van der Waals surface area contributed by atoms with Crippen LogP contribution in [0.5, 0.6) is 11.5 Å². The van der Waals surface area contributed by atoms with Crippen LogP contribution in [0.3, 0.4) is 0 Å². The summed E-state index contributed by atoms with van der Waals surface area (Å²) < 4.78 is 11.2. The number of ether oxygens (including phenoxy) is 2. The maximum absolute atomic E-state index is 12.1. The lowest BCUT2D eigenvalue weighted by atomic mass is 9.84. The fourth-order valence-electron chi connectivity index (χ4n) is 2.91. The zero-order chi connectivity index (χ0) is 20.7. The summed E-state index contributed by atoms with van der Waals surface area (Å²) in [5.74, 6) is 0.920. The Morgan fingerprint density at radius 1 is 1.00 bits per heavy atom. The highest BCUT2D eigenvalue weighted by molar-refractivity contribution is 5.94. The van der Waals surface area contributed by atoms with Crippen LogP contribution in [0.2, 0.25) is 0 Å². The van der Waals surface area contributed by atoms with E-state index in [-0.39, 0.29) is 23.8 Å². The number of nitrogens with one attached hydrogen (secondary N) is 2. The van der Waals surface area contributed by atoms with Crippen LogP contribution in [0.25, 0.3) is 6.08 Å². The van der Waals surface area contributed by atoms with Gasteiger partial charge in [-0.3, -0.25) is 9.59 Å². The second kappa shape index (κ2) is 9.28. The maximum Gasteiger partial charge on any atom is 0.244 e. The predicted molar refractivity (Wildman–Crippen MR) is 112 cm³/mol. The maximum atomic E-state index is 12.1. The molecule has 0 atom stereocenters. The van der Waals surface area contributed by atoms with Gasteiger partial charge in [-0.05, 0) is 29.3 Å².